The maximum atomic E-state index is 11.4. The molecule has 0 aliphatic carbocycles. The van der Waals surface area contributed by atoms with E-state index < -0.39 is 5.97 Å². The number of pyridine rings is 1. The molecule has 1 N–H and O–H groups in total. The Morgan fingerprint density at radius 1 is 1.33 bits per heavy atom. The lowest BCUT2D eigenvalue weighted by Crippen LogP contribution is -2.43. The highest BCUT2D eigenvalue weighted by Crippen LogP contribution is 2.29. The highest BCUT2D eigenvalue weighted by atomic mass is 16.5. The number of carboxylic acids is 1. The van der Waals surface area contributed by atoms with Gasteiger partial charge in [-0.2, -0.15) is 0 Å². The van der Waals surface area contributed by atoms with E-state index in [1.807, 2.05) is 57.1 Å². The fraction of sp³-hybridized carbons (Fsp3) is 0.375. The van der Waals surface area contributed by atoms with Gasteiger partial charge >= 0.3 is 5.97 Å². The maximum absolute atomic E-state index is 11.4. The second-order valence-corrected chi connectivity index (χ2v) is 5.82. The van der Waals surface area contributed by atoms with Crippen molar-refractivity contribution in [3.63, 3.8) is 0 Å². The number of likely N-dealkylation sites (N-methyl/N-ethyl adjacent to an activating group) is 1. The number of para-hydroxylation sites is 1. The Hall–Kier alpha value is -2.14. The second-order valence-electron chi connectivity index (χ2n) is 5.82. The van der Waals surface area contributed by atoms with Crippen LogP contribution in [-0.2, 0) is 0 Å². The molecule has 0 aliphatic rings. The first-order valence-corrected chi connectivity index (χ1v) is 6.74. The number of carbonyl (C=O) groups is 1. The van der Waals surface area contributed by atoms with Gasteiger partial charge in [-0.1, -0.05) is 12.1 Å². The highest BCUT2D eigenvalue weighted by Gasteiger charge is 2.24. The van der Waals surface area contributed by atoms with Crippen molar-refractivity contribution in [1.29, 1.82) is 0 Å². The van der Waals surface area contributed by atoms with Crippen molar-refractivity contribution in [1.82, 2.24) is 9.88 Å². The molecule has 0 amide bonds. The molecule has 1 aromatic heterocycles. The van der Waals surface area contributed by atoms with Gasteiger partial charge < -0.3 is 14.7 Å². The van der Waals surface area contributed by atoms with E-state index in [2.05, 4.69) is 4.98 Å². The summed E-state index contributed by atoms with van der Waals surface area (Å²) < 4.78 is 5.88. The summed E-state index contributed by atoms with van der Waals surface area (Å²) in [7, 11) is 3.93. The van der Waals surface area contributed by atoms with Crippen LogP contribution in [-0.4, -0.2) is 47.2 Å². The number of ether oxygens (including phenoxy) is 1. The summed E-state index contributed by atoms with van der Waals surface area (Å²) >= 11 is 0. The van der Waals surface area contributed by atoms with Crippen LogP contribution in [0.25, 0.3) is 10.9 Å². The molecule has 0 spiro atoms. The van der Waals surface area contributed by atoms with Crippen LogP contribution in [0.15, 0.2) is 30.5 Å². The summed E-state index contributed by atoms with van der Waals surface area (Å²) in [6, 6.07) is 7.38. The predicted molar refractivity (Wildman–Crippen MR) is 82.0 cm³/mol. The van der Waals surface area contributed by atoms with E-state index in [0.717, 1.165) is 5.52 Å². The molecule has 1 aromatic carbocycles. The standard InChI is InChI=1S/C16H20N2O3/c1-16(2,18(3)4)10-21-14-11-7-5-6-8-13(11)17-9-12(14)15(19)20/h5-9H,10H2,1-4H3,(H,19,20). The van der Waals surface area contributed by atoms with Crippen molar-refractivity contribution in [2.45, 2.75) is 19.4 Å². The minimum Gasteiger partial charge on any atom is -0.490 e. The molecule has 0 unspecified atom stereocenters. The van der Waals surface area contributed by atoms with Crippen LogP contribution in [0.5, 0.6) is 5.75 Å². The van der Waals surface area contributed by atoms with E-state index in [1.54, 1.807) is 0 Å². The fourth-order valence-electron chi connectivity index (χ4n) is 1.80. The molecule has 1 heterocycles. The molecule has 2 aromatic rings. The molecule has 0 saturated carbocycles. The SMILES string of the molecule is CN(C)C(C)(C)COc1c(C(=O)O)cnc2ccccc12. The fourth-order valence-corrected chi connectivity index (χ4v) is 1.80. The first-order chi connectivity index (χ1) is 9.83. The monoisotopic (exact) mass is 288 g/mol. The lowest BCUT2D eigenvalue weighted by molar-refractivity contribution is 0.0684. The minimum absolute atomic E-state index is 0.0863. The van der Waals surface area contributed by atoms with Gasteiger partial charge in [-0.3, -0.25) is 4.98 Å². The molecule has 0 bridgehead atoms. The van der Waals surface area contributed by atoms with Gasteiger partial charge in [-0.15, -0.1) is 0 Å². The third-order valence-electron chi connectivity index (χ3n) is 3.74. The van der Waals surface area contributed by atoms with Crippen molar-refractivity contribution in [3.8, 4) is 5.75 Å². The Morgan fingerprint density at radius 3 is 2.62 bits per heavy atom. The third-order valence-corrected chi connectivity index (χ3v) is 3.74. The van der Waals surface area contributed by atoms with E-state index >= 15 is 0 Å². The number of rotatable bonds is 5. The molecule has 0 fully saturated rings. The maximum Gasteiger partial charge on any atom is 0.341 e. The first-order valence-electron chi connectivity index (χ1n) is 6.74. The van der Waals surface area contributed by atoms with Crippen molar-refractivity contribution >= 4 is 16.9 Å². The van der Waals surface area contributed by atoms with Gasteiger partial charge in [0.05, 0.1) is 5.52 Å². The number of aromatic nitrogens is 1. The van der Waals surface area contributed by atoms with Gasteiger partial charge in [0.15, 0.2) is 0 Å². The predicted octanol–water partition coefficient (Wildman–Crippen LogP) is 2.65. The summed E-state index contributed by atoms with van der Waals surface area (Å²) in [6.07, 6.45) is 1.35. The first kappa shape index (κ1) is 15.3. The zero-order valence-corrected chi connectivity index (χ0v) is 12.8. The van der Waals surface area contributed by atoms with Crippen molar-refractivity contribution < 1.29 is 14.6 Å². The average molecular weight is 288 g/mol. The highest BCUT2D eigenvalue weighted by molar-refractivity contribution is 5.98. The van der Waals surface area contributed by atoms with Crippen LogP contribution in [0.1, 0.15) is 24.2 Å². The normalized spacial score (nSPS) is 11.9. The summed E-state index contributed by atoms with van der Waals surface area (Å²) in [4.78, 5) is 17.6. The number of benzene rings is 1. The van der Waals surface area contributed by atoms with Crippen LogP contribution in [0.3, 0.4) is 0 Å². The number of nitrogens with zero attached hydrogens (tertiary/aromatic N) is 2. The zero-order chi connectivity index (χ0) is 15.6. The molecule has 0 aliphatic heterocycles. The van der Waals surface area contributed by atoms with Crippen LogP contribution < -0.4 is 4.74 Å². The van der Waals surface area contributed by atoms with E-state index in [1.165, 1.54) is 6.20 Å². The summed E-state index contributed by atoms with van der Waals surface area (Å²) in [5.41, 5.74) is 0.601. The second kappa shape index (κ2) is 5.69. The molecular weight excluding hydrogens is 268 g/mol. The third kappa shape index (κ3) is 3.13. The largest absolute Gasteiger partial charge is 0.490 e. The molecule has 0 radical (unpaired) electrons. The molecule has 21 heavy (non-hydrogen) atoms. The molecule has 2 rings (SSSR count). The van der Waals surface area contributed by atoms with Crippen molar-refractivity contribution in [2.24, 2.45) is 0 Å². The lowest BCUT2D eigenvalue weighted by Gasteiger charge is -2.32. The summed E-state index contributed by atoms with van der Waals surface area (Å²) in [5, 5.41) is 10.0. The van der Waals surface area contributed by atoms with E-state index in [9.17, 15) is 9.90 Å². The van der Waals surface area contributed by atoms with Crippen molar-refractivity contribution in [2.75, 3.05) is 20.7 Å². The number of hydrogen-bond acceptors (Lipinski definition) is 4. The Bertz CT molecular complexity index is 666. The van der Waals surface area contributed by atoms with E-state index in [-0.39, 0.29) is 11.1 Å². The smallest absolute Gasteiger partial charge is 0.341 e. The van der Waals surface area contributed by atoms with Crippen LogP contribution >= 0.6 is 0 Å². The number of fused-ring (bicyclic) bond motifs is 1. The number of aromatic carboxylic acids is 1. The van der Waals surface area contributed by atoms with Gasteiger partial charge in [-0.05, 0) is 40.1 Å². The van der Waals surface area contributed by atoms with Gasteiger partial charge in [0, 0.05) is 17.1 Å². The average Bonchev–Trinajstić information content (AvgIpc) is 2.44. The molecule has 5 heteroatoms. The summed E-state index contributed by atoms with van der Waals surface area (Å²) in [5.74, 6) is -0.658. The quantitative estimate of drug-likeness (QED) is 0.916. The summed E-state index contributed by atoms with van der Waals surface area (Å²) in [6.45, 7) is 4.46. The Morgan fingerprint density at radius 2 is 2.00 bits per heavy atom. The molecular formula is C16H20N2O3. The Kier molecular flexibility index (Phi) is 4.14. The number of hydrogen-bond donors (Lipinski definition) is 1. The van der Waals surface area contributed by atoms with Gasteiger partial charge in [0.25, 0.3) is 0 Å². The molecule has 112 valence electrons. The van der Waals surface area contributed by atoms with E-state index in [4.69, 9.17) is 4.74 Å². The van der Waals surface area contributed by atoms with Gasteiger partial charge in [0.1, 0.15) is 17.9 Å². The van der Waals surface area contributed by atoms with Crippen LogP contribution in [0, 0.1) is 0 Å². The Labute approximate surface area is 124 Å². The van der Waals surface area contributed by atoms with E-state index in [0.29, 0.717) is 17.7 Å². The number of carboxylic acid groups (broad SMARTS) is 1. The Balaban J connectivity index is 2.45. The molecule has 0 atom stereocenters. The molecule has 0 saturated heterocycles. The van der Waals surface area contributed by atoms with Crippen LogP contribution in [0.2, 0.25) is 0 Å². The topological polar surface area (TPSA) is 62.7 Å². The van der Waals surface area contributed by atoms with Crippen LogP contribution in [0.4, 0.5) is 0 Å². The minimum atomic E-state index is -1.04. The van der Waals surface area contributed by atoms with Gasteiger partial charge in [-0.25, -0.2) is 4.79 Å². The molecule has 5 nitrogen and oxygen atoms in total. The van der Waals surface area contributed by atoms with Gasteiger partial charge in [0.2, 0.25) is 0 Å². The van der Waals surface area contributed by atoms with Crippen molar-refractivity contribution in [3.05, 3.63) is 36.0 Å². The lowest BCUT2D eigenvalue weighted by atomic mass is 10.1. The zero-order valence-electron chi connectivity index (χ0n) is 12.8.